The third-order valence-electron chi connectivity index (χ3n) is 2.08. The summed E-state index contributed by atoms with van der Waals surface area (Å²) in [5.74, 6) is -1.41. The van der Waals surface area contributed by atoms with Gasteiger partial charge < -0.3 is 21.9 Å². The summed E-state index contributed by atoms with van der Waals surface area (Å²) in [7, 11) is 1.16. The number of nitrogens with zero attached hydrogens (tertiary/aromatic N) is 3. The minimum absolute atomic E-state index is 0.00755. The summed E-state index contributed by atoms with van der Waals surface area (Å²) in [4.78, 5) is 28.8. The number of nitro benzene ring substituents is 1. The second-order valence-electron chi connectivity index (χ2n) is 3.46. The van der Waals surface area contributed by atoms with Crippen LogP contribution in [0.5, 0.6) is 0 Å². The third-order valence-corrected chi connectivity index (χ3v) is 2.08. The minimum Gasteiger partial charge on any atom is -0.465 e. The van der Waals surface area contributed by atoms with Gasteiger partial charge in [0.25, 0.3) is 5.69 Å². The Bertz CT molecular complexity index is 606. The van der Waals surface area contributed by atoms with Gasteiger partial charge in [-0.1, -0.05) is 0 Å². The number of hydrogen-bond donors (Lipinski definition) is 3. The van der Waals surface area contributed by atoms with E-state index in [1.54, 1.807) is 0 Å². The smallest absolute Gasteiger partial charge is 0.340 e. The zero-order valence-corrected chi connectivity index (χ0v) is 10.4. The van der Waals surface area contributed by atoms with E-state index in [1.165, 1.54) is 6.07 Å². The Kier molecular flexibility index (Phi) is 4.56. The van der Waals surface area contributed by atoms with E-state index in [0.717, 1.165) is 19.2 Å². The van der Waals surface area contributed by atoms with Crippen LogP contribution < -0.4 is 17.2 Å². The molecule has 20 heavy (non-hydrogen) atoms. The van der Waals surface area contributed by atoms with Crippen molar-refractivity contribution >= 4 is 29.3 Å². The highest BCUT2D eigenvalue weighted by molar-refractivity contribution is 5.98. The van der Waals surface area contributed by atoms with Crippen molar-refractivity contribution in [2.75, 3.05) is 7.11 Å². The SMILES string of the molecule is COC(=O)c1ccc([N+](=O)[O-])cc1N=C(N)N=C(N)N. The average molecular weight is 280 g/mol. The predicted octanol–water partition coefficient (Wildman–Crippen LogP) is -0.399. The fourth-order valence-electron chi connectivity index (χ4n) is 1.29. The summed E-state index contributed by atoms with van der Waals surface area (Å²) in [5, 5.41) is 10.7. The van der Waals surface area contributed by atoms with E-state index in [2.05, 4.69) is 14.7 Å². The zero-order valence-electron chi connectivity index (χ0n) is 10.4. The van der Waals surface area contributed by atoms with Crippen LogP contribution >= 0.6 is 0 Å². The molecule has 1 aromatic carbocycles. The second kappa shape index (κ2) is 6.13. The number of rotatable bonds is 3. The molecule has 0 aliphatic heterocycles. The minimum atomic E-state index is -0.726. The van der Waals surface area contributed by atoms with Gasteiger partial charge in [-0.2, -0.15) is 4.99 Å². The molecule has 0 spiro atoms. The van der Waals surface area contributed by atoms with Crippen LogP contribution in [-0.4, -0.2) is 29.9 Å². The van der Waals surface area contributed by atoms with E-state index in [9.17, 15) is 14.9 Å². The summed E-state index contributed by atoms with van der Waals surface area (Å²) in [6.45, 7) is 0. The van der Waals surface area contributed by atoms with Crippen LogP contribution in [0, 0.1) is 10.1 Å². The van der Waals surface area contributed by atoms with Crippen molar-refractivity contribution in [1.82, 2.24) is 0 Å². The molecule has 0 aromatic heterocycles. The summed E-state index contributed by atoms with van der Waals surface area (Å²) in [6.07, 6.45) is 0. The zero-order chi connectivity index (χ0) is 15.3. The summed E-state index contributed by atoms with van der Waals surface area (Å²) in [5.41, 5.74) is 15.3. The van der Waals surface area contributed by atoms with Gasteiger partial charge in [-0.05, 0) is 6.07 Å². The van der Waals surface area contributed by atoms with Crippen molar-refractivity contribution in [3.63, 3.8) is 0 Å². The number of non-ortho nitro benzene ring substituents is 1. The predicted molar refractivity (Wildman–Crippen MR) is 71.5 cm³/mol. The first-order valence-electron chi connectivity index (χ1n) is 5.15. The molecule has 0 radical (unpaired) electrons. The number of carbonyl (C=O) groups is 1. The summed E-state index contributed by atoms with van der Waals surface area (Å²) >= 11 is 0. The Labute approximate surface area is 113 Å². The van der Waals surface area contributed by atoms with Gasteiger partial charge in [-0.3, -0.25) is 10.1 Å². The number of carbonyl (C=O) groups excluding carboxylic acids is 1. The fourth-order valence-corrected chi connectivity index (χ4v) is 1.29. The Balaban J connectivity index is 3.39. The molecule has 0 saturated heterocycles. The normalized spacial score (nSPS) is 10.8. The summed E-state index contributed by atoms with van der Waals surface area (Å²) < 4.78 is 4.54. The molecular formula is C10H12N6O4. The molecule has 0 bridgehead atoms. The highest BCUT2D eigenvalue weighted by Crippen LogP contribution is 2.26. The van der Waals surface area contributed by atoms with Gasteiger partial charge in [0, 0.05) is 12.1 Å². The second-order valence-corrected chi connectivity index (χ2v) is 3.46. The quantitative estimate of drug-likeness (QED) is 0.222. The van der Waals surface area contributed by atoms with Crippen LogP contribution in [-0.2, 0) is 4.74 Å². The molecule has 0 aliphatic carbocycles. The van der Waals surface area contributed by atoms with Gasteiger partial charge in [0.05, 0.1) is 23.3 Å². The van der Waals surface area contributed by atoms with Crippen molar-refractivity contribution in [3.8, 4) is 0 Å². The molecule has 0 amide bonds. The largest absolute Gasteiger partial charge is 0.465 e. The number of ether oxygens (including phenoxy) is 1. The van der Waals surface area contributed by atoms with Crippen LogP contribution in [0.2, 0.25) is 0 Å². The van der Waals surface area contributed by atoms with Gasteiger partial charge in [-0.15, -0.1) is 0 Å². The number of guanidine groups is 2. The van der Waals surface area contributed by atoms with Crippen molar-refractivity contribution < 1.29 is 14.5 Å². The number of nitro groups is 1. The van der Waals surface area contributed by atoms with Crippen molar-refractivity contribution in [2.45, 2.75) is 0 Å². The number of benzene rings is 1. The lowest BCUT2D eigenvalue weighted by atomic mass is 10.1. The lowest BCUT2D eigenvalue weighted by Crippen LogP contribution is -2.26. The maximum absolute atomic E-state index is 11.5. The van der Waals surface area contributed by atoms with Crippen LogP contribution in [0.3, 0.4) is 0 Å². The highest BCUT2D eigenvalue weighted by atomic mass is 16.6. The number of esters is 1. The third kappa shape index (κ3) is 3.66. The molecule has 0 atom stereocenters. The molecule has 6 N–H and O–H groups in total. The van der Waals surface area contributed by atoms with Crippen LogP contribution in [0.25, 0.3) is 0 Å². The first-order valence-corrected chi connectivity index (χ1v) is 5.15. The van der Waals surface area contributed by atoms with Gasteiger partial charge in [0.2, 0.25) is 5.96 Å². The molecule has 10 heteroatoms. The van der Waals surface area contributed by atoms with Crippen molar-refractivity contribution in [2.24, 2.45) is 27.2 Å². The molecule has 1 aromatic rings. The number of hydrogen-bond acceptors (Lipinski definition) is 5. The molecule has 0 unspecified atom stereocenters. The molecular weight excluding hydrogens is 268 g/mol. The monoisotopic (exact) mass is 280 g/mol. The lowest BCUT2D eigenvalue weighted by Gasteiger charge is -2.04. The van der Waals surface area contributed by atoms with Crippen molar-refractivity contribution in [1.29, 1.82) is 0 Å². The maximum Gasteiger partial charge on any atom is 0.340 e. The van der Waals surface area contributed by atoms with E-state index in [1.807, 2.05) is 0 Å². The van der Waals surface area contributed by atoms with Gasteiger partial charge in [0.1, 0.15) is 0 Å². The molecule has 106 valence electrons. The first-order chi connectivity index (χ1) is 9.35. The van der Waals surface area contributed by atoms with E-state index < -0.39 is 10.9 Å². The standard InChI is InChI=1S/C10H12N6O4/c1-20-8(17)6-3-2-5(16(18)19)4-7(6)14-10(13)15-9(11)12/h2-4H,1H3,(H6,11,12,13,14,15). The topological polar surface area (TPSA) is 172 Å². The highest BCUT2D eigenvalue weighted by Gasteiger charge is 2.16. The molecule has 10 nitrogen and oxygen atoms in total. The first kappa shape index (κ1) is 14.9. The Morgan fingerprint density at radius 3 is 2.50 bits per heavy atom. The van der Waals surface area contributed by atoms with E-state index in [-0.39, 0.29) is 28.9 Å². The van der Waals surface area contributed by atoms with Gasteiger partial charge in [-0.25, -0.2) is 9.79 Å². The Hall–Kier alpha value is -3.17. The molecule has 1 rings (SSSR count). The van der Waals surface area contributed by atoms with E-state index >= 15 is 0 Å². The fraction of sp³-hybridized carbons (Fsp3) is 0.100. The Morgan fingerprint density at radius 1 is 1.35 bits per heavy atom. The van der Waals surface area contributed by atoms with Crippen LogP contribution in [0.4, 0.5) is 11.4 Å². The van der Waals surface area contributed by atoms with Crippen LogP contribution in [0.1, 0.15) is 10.4 Å². The van der Waals surface area contributed by atoms with Gasteiger partial charge >= 0.3 is 5.97 Å². The maximum atomic E-state index is 11.5. The van der Waals surface area contributed by atoms with Crippen molar-refractivity contribution in [3.05, 3.63) is 33.9 Å². The summed E-state index contributed by atoms with van der Waals surface area (Å²) in [6, 6.07) is 3.40. The average Bonchev–Trinajstić information content (AvgIpc) is 2.36. The molecule has 0 heterocycles. The molecule has 0 fully saturated rings. The Morgan fingerprint density at radius 2 is 2.00 bits per heavy atom. The molecule has 0 saturated carbocycles. The number of aliphatic imine (C=N–C) groups is 2. The number of methoxy groups -OCH3 is 1. The van der Waals surface area contributed by atoms with E-state index in [4.69, 9.17) is 17.2 Å². The van der Waals surface area contributed by atoms with E-state index in [0.29, 0.717) is 0 Å². The van der Waals surface area contributed by atoms with Gasteiger partial charge in [0.15, 0.2) is 5.96 Å². The lowest BCUT2D eigenvalue weighted by molar-refractivity contribution is -0.384. The van der Waals surface area contributed by atoms with Crippen LogP contribution in [0.15, 0.2) is 28.2 Å². The molecule has 0 aliphatic rings. The number of nitrogens with two attached hydrogens (primary N) is 3.